The molecule has 22 heavy (non-hydrogen) atoms. The number of benzene rings is 2. The number of anilines is 1. The van der Waals surface area contributed by atoms with Crippen LogP contribution >= 0.6 is 15.9 Å². The average Bonchev–Trinajstić information content (AvgIpc) is 2.54. The van der Waals surface area contributed by atoms with Crippen LogP contribution in [0.5, 0.6) is 11.5 Å². The molecule has 0 radical (unpaired) electrons. The van der Waals surface area contributed by atoms with Crippen molar-refractivity contribution in [2.24, 2.45) is 0 Å². The quantitative estimate of drug-likeness (QED) is 0.814. The topological polar surface area (TPSA) is 47.6 Å². The van der Waals surface area contributed by atoms with Gasteiger partial charge in [0, 0.05) is 10.5 Å². The largest absolute Gasteiger partial charge is 0.493 e. The van der Waals surface area contributed by atoms with Crippen LogP contribution in [0.4, 0.5) is 5.69 Å². The maximum atomic E-state index is 11.9. The van der Waals surface area contributed by atoms with Crippen LogP contribution in [-0.2, 0) is 4.79 Å². The standard InChI is InChI=1S/C17H16BrNO3/c1-21-15-9-7-12(11-16(15)22-2)8-10-17(20)19-14-6-4-3-5-13(14)18/h3-11H,1-2H3,(H,19,20)/b10-8-. The SMILES string of the molecule is COc1ccc(/C=C\C(=O)Nc2ccccc2Br)cc1OC. The molecule has 0 saturated carbocycles. The molecule has 4 nitrogen and oxygen atoms in total. The molecule has 2 aromatic carbocycles. The van der Waals surface area contributed by atoms with E-state index < -0.39 is 0 Å². The van der Waals surface area contributed by atoms with Gasteiger partial charge in [-0.2, -0.15) is 0 Å². The Morgan fingerprint density at radius 1 is 1.09 bits per heavy atom. The number of carbonyl (C=O) groups is 1. The predicted octanol–water partition coefficient (Wildman–Crippen LogP) is 4.12. The second kappa shape index (κ2) is 7.66. The molecule has 0 aromatic heterocycles. The van der Waals surface area contributed by atoms with Gasteiger partial charge in [-0.1, -0.05) is 18.2 Å². The van der Waals surface area contributed by atoms with Gasteiger partial charge in [-0.15, -0.1) is 0 Å². The lowest BCUT2D eigenvalue weighted by molar-refractivity contribution is -0.111. The van der Waals surface area contributed by atoms with Crippen molar-refractivity contribution in [2.75, 3.05) is 19.5 Å². The zero-order valence-electron chi connectivity index (χ0n) is 12.3. The molecule has 0 aliphatic carbocycles. The molecule has 0 heterocycles. The molecule has 0 fully saturated rings. The van der Waals surface area contributed by atoms with E-state index in [9.17, 15) is 4.79 Å². The Balaban J connectivity index is 2.08. The van der Waals surface area contributed by atoms with Gasteiger partial charge in [-0.25, -0.2) is 0 Å². The summed E-state index contributed by atoms with van der Waals surface area (Å²) >= 11 is 3.39. The smallest absolute Gasteiger partial charge is 0.248 e. The molecule has 0 aliphatic heterocycles. The number of rotatable bonds is 5. The molecule has 1 amide bonds. The third-order valence-corrected chi connectivity index (χ3v) is 3.66. The summed E-state index contributed by atoms with van der Waals surface area (Å²) in [6, 6.07) is 12.9. The fourth-order valence-electron chi connectivity index (χ4n) is 1.87. The molecule has 0 saturated heterocycles. The lowest BCUT2D eigenvalue weighted by Gasteiger charge is -2.07. The van der Waals surface area contributed by atoms with Crippen LogP contribution in [0.2, 0.25) is 0 Å². The summed E-state index contributed by atoms with van der Waals surface area (Å²) < 4.78 is 11.2. The number of para-hydroxylation sites is 1. The second-order valence-electron chi connectivity index (χ2n) is 4.42. The summed E-state index contributed by atoms with van der Waals surface area (Å²) in [5.74, 6) is 1.06. The third-order valence-electron chi connectivity index (χ3n) is 2.97. The van der Waals surface area contributed by atoms with E-state index in [1.165, 1.54) is 6.08 Å². The molecular formula is C17H16BrNO3. The second-order valence-corrected chi connectivity index (χ2v) is 5.27. The third kappa shape index (κ3) is 4.11. The number of nitrogens with one attached hydrogen (secondary N) is 1. The first-order valence-electron chi connectivity index (χ1n) is 6.59. The highest BCUT2D eigenvalue weighted by atomic mass is 79.9. The number of amides is 1. The fourth-order valence-corrected chi connectivity index (χ4v) is 2.25. The van der Waals surface area contributed by atoms with Crippen LogP contribution in [0.1, 0.15) is 5.56 Å². The van der Waals surface area contributed by atoms with Crippen molar-refractivity contribution in [3.8, 4) is 11.5 Å². The summed E-state index contributed by atoms with van der Waals surface area (Å²) in [5, 5.41) is 2.80. The number of halogens is 1. The van der Waals surface area contributed by atoms with Gasteiger partial charge in [0.05, 0.1) is 19.9 Å². The molecule has 0 atom stereocenters. The van der Waals surface area contributed by atoms with Crippen LogP contribution in [-0.4, -0.2) is 20.1 Å². The van der Waals surface area contributed by atoms with E-state index in [1.807, 2.05) is 30.3 Å². The molecule has 1 N–H and O–H groups in total. The van der Waals surface area contributed by atoms with E-state index in [0.29, 0.717) is 11.5 Å². The van der Waals surface area contributed by atoms with Crippen molar-refractivity contribution < 1.29 is 14.3 Å². The molecule has 0 unspecified atom stereocenters. The minimum absolute atomic E-state index is 0.207. The summed E-state index contributed by atoms with van der Waals surface area (Å²) in [5.41, 5.74) is 1.57. The number of ether oxygens (including phenoxy) is 2. The normalized spacial score (nSPS) is 10.5. The van der Waals surface area contributed by atoms with Gasteiger partial charge in [0.1, 0.15) is 0 Å². The Morgan fingerprint density at radius 2 is 1.82 bits per heavy atom. The highest BCUT2D eigenvalue weighted by molar-refractivity contribution is 9.10. The number of hydrogen-bond acceptors (Lipinski definition) is 3. The predicted molar refractivity (Wildman–Crippen MR) is 91.4 cm³/mol. The van der Waals surface area contributed by atoms with Crippen molar-refractivity contribution in [1.82, 2.24) is 0 Å². The Morgan fingerprint density at radius 3 is 2.50 bits per heavy atom. The average molecular weight is 362 g/mol. The Hall–Kier alpha value is -2.27. The summed E-state index contributed by atoms with van der Waals surface area (Å²) in [6.45, 7) is 0. The molecular weight excluding hydrogens is 346 g/mol. The first kappa shape index (κ1) is 16.1. The fraction of sp³-hybridized carbons (Fsp3) is 0.118. The van der Waals surface area contributed by atoms with E-state index in [1.54, 1.807) is 32.4 Å². The first-order valence-corrected chi connectivity index (χ1v) is 7.39. The van der Waals surface area contributed by atoms with Crippen LogP contribution in [0.3, 0.4) is 0 Å². The van der Waals surface area contributed by atoms with Crippen LogP contribution in [0.25, 0.3) is 6.08 Å². The number of methoxy groups -OCH3 is 2. The van der Waals surface area contributed by atoms with E-state index in [-0.39, 0.29) is 5.91 Å². The number of hydrogen-bond donors (Lipinski definition) is 1. The van der Waals surface area contributed by atoms with Crippen LogP contribution in [0.15, 0.2) is 53.0 Å². The molecule has 114 valence electrons. The van der Waals surface area contributed by atoms with E-state index in [4.69, 9.17) is 9.47 Å². The van der Waals surface area contributed by atoms with E-state index in [2.05, 4.69) is 21.2 Å². The summed E-state index contributed by atoms with van der Waals surface area (Å²) in [6.07, 6.45) is 3.19. The maximum absolute atomic E-state index is 11.9. The Labute approximate surface area is 137 Å². The zero-order valence-corrected chi connectivity index (χ0v) is 13.9. The zero-order chi connectivity index (χ0) is 15.9. The summed E-state index contributed by atoms with van der Waals surface area (Å²) in [7, 11) is 3.16. The first-order chi connectivity index (χ1) is 10.6. The molecule has 0 bridgehead atoms. The molecule has 5 heteroatoms. The van der Waals surface area contributed by atoms with Crippen molar-refractivity contribution >= 4 is 33.6 Å². The minimum Gasteiger partial charge on any atom is -0.493 e. The van der Waals surface area contributed by atoms with Gasteiger partial charge >= 0.3 is 0 Å². The monoisotopic (exact) mass is 361 g/mol. The van der Waals surface area contributed by atoms with Crippen molar-refractivity contribution in [2.45, 2.75) is 0 Å². The van der Waals surface area contributed by atoms with Gasteiger partial charge in [0.15, 0.2) is 11.5 Å². The Bertz CT molecular complexity index is 698. The number of carbonyl (C=O) groups excluding carboxylic acids is 1. The minimum atomic E-state index is -0.207. The van der Waals surface area contributed by atoms with Crippen molar-refractivity contribution in [3.63, 3.8) is 0 Å². The highest BCUT2D eigenvalue weighted by Crippen LogP contribution is 2.28. The molecule has 0 aliphatic rings. The highest BCUT2D eigenvalue weighted by Gasteiger charge is 2.04. The van der Waals surface area contributed by atoms with Crippen LogP contribution in [0, 0.1) is 0 Å². The molecule has 2 aromatic rings. The van der Waals surface area contributed by atoms with Gasteiger partial charge in [-0.3, -0.25) is 4.79 Å². The van der Waals surface area contributed by atoms with E-state index >= 15 is 0 Å². The van der Waals surface area contributed by atoms with E-state index in [0.717, 1.165) is 15.7 Å². The molecule has 0 spiro atoms. The Kier molecular flexibility index (Phi) is 5.61. The maximum Gasteiger partial charge on any atom is 0.248 e. The van der Waals surface area contributed by atoms with Gasteiger partial charge in [0.25, 0.3) is 0 Å². The van der Waals surface area contributed by atoms with Gasteiger partial charge in [0.2, 0.25) is 5.91 Å². The lowest BCUT2D eigenvalue weighted by Crippen LogP contribution is -2.08. The van der Waals surface area contributed by atoms with Crippen molar-refractivity contribution in [1.29, 1.82) is 0 Å². The van der Waals surface area contributed by atoms with Gasteiger partial charge < -0.3 is 14.8 Å². The van der Waals surface area contributed by atoms with Gasteiger partial charge in [-0.05, 0) is 51.8 Å². The van der Waals surface area contributed by atoms with Crippen molar-refractivity contribution in [3.05, 3.63) is 58.6 Å². The molecule has 2 rings (SSSR count). The van der Waals surface area contributed by atoms with Crippen LogP contribution < -0.4 is 14.8 Å². The summed E-state index contributed by atoms with van der Waals surface area (Å²) in [4.78, 5) is 11.9. The lowest BCUT2D eigenvalue weighted by atomic mass is 10.2.